The van der Waals surface area contributed by atoms with Crippen LogP contribution in [0.3, 0.4) is 0 Å². The normalized spacial score (nSPS) is 13.3. The SMILES string of the molecule is NC(CCC(=O)O)C(=O)NC(CS)C(=O)NC(Cc1ccc(O)cc1)C(=O)NCC(=O)O. The number of amides is 3. The molecule has 0 aliphatic heterocycles. The third-order valence-electron chi connectivity index (χ3n) is 4.24. The molecule has 12 nitrogen and oxygen atoms in total. The lowest BCUT2D eigenvalue weighted by atomic mass is 10.0. The van der Waals surface area contributed by atoms with Gasteiger partial charge in [-0.2, -0.15) is 12.6 Å². The molecule has 0 radical (unpaired) electrons. The molecule has 0 fully saturated rings. The number of phenols is 1. The van der Waals surface area contributed by atoms with E-state index in [0.29, 0.717) is 5.56 Å². The van der Waals surface area contributed by atoms with E-state index in [4.69, 9.17) is 15.9 Å². The summed E-state index contributed by atoms with van der Waals surface area (Å²) in [6, 6.07) is 2.30. The van der Waals surface area contributed by atoms with Crippen molar-refractivity contribution in [1.82, 2.24) is 16.0 Å². The van der Waals surface area contributed by atoms with E-state index in [2.05, 4.69) is 28.6 Å². The predicted octanol–water partition coefficient (Wildman–Crippen LogP) is -1.77. The Morgan fingerprint density at radius 3 is 2.03 bits per heavy atom. The molecule has 3 amide bonds. The van der Waals surface area contributed by atoms with E-state index in [1.807, 2.05) is 0 Å². The summed E-state index contributed by atoms with van der Waals surface area (Å²) in [5.74, 6) is -4.84. The van der Waals surface area contributed by atoms with Crippen molar-refractivity contribution >= 4 is 42.3 Å². The van der Waals surface area contributed by atoms with Gasteiger partial charge in [-0.15, -0.1) is 0 Å². The fourth-order valence-corrected chi connectivity index (χ4v) is 2.78. The Labute approximate surface area is 189 Å². The number of thiol groups is 1. The quantitative estimate of drug-likeness (QED) is 0.153. The minimum absolute atomic E-state index is 0.00162. The van der Waals surface area contributed by atoms with Crippen LogP contribution in [0, 0.1) is 0 Å². The maximum absolute atomic E-state index is 12.6. The minimum Gasteiger partial charge on any atom is -0.508 e. The number of aliphatic carboxylic acids is 2. The van der Waals surface area contributed by atoms with Gasteiger partial charge in [-0.25, -0.2) is 0 Å². The third kappa shape index (κ3) is 9.66. The highest BCUT2D eigenvalue weighted by Crippen LogP contribution is 2.11. The van der Waals surface area contributed by atoms with Crippen molar-refractivity contribution in [2.45, 2.75) is 37.4 Å². The van der Waals surface area contributed by atoms with E-state index < -0.39 is 54.3 Å². The van der Waals surface area contributed by atoms with Gasteiger partial charge in [0, 0.05) is 18.6 Å². The molecule has 1 aromatic rings. The number of benzene rings is 1. The number of carbonyl (C=O) groups is 5. The summed E-state index contributed by atoms with van der Waals surface area (Å²) < 4.78 is 0. The van der Waals surface area contributed by atoms with Crippen molar-refractivity contribution in [3.8, 4) is 5.75 Å². The molecule has 0 saturated heterocycles. The first kappa shape index (κ1) is 26.7. The van der Waals surface area contributed by atoms with Crippen LogP contribution in [0.5, 0.6) is 5.75 Å². The molecule has 3 atom stereocenters. The molecule has 13 heteroatoms. The average Bonchev–Trinajstić information content (AvgIpc) is 2.74. The largest absolute Gasteiger partial charge is 0.508 e. The number of carbonyl (C=O) groups excluding carboxylic acids is 3. The van der Waals surface area contributed by atoms with Gasteiger partial charge in [-0.1, -0.05) is 12.1 Å². The zero-order valence-electron chi connectivity index (χ0n) is 17.0. The summed E-state index contributed by atoms with van der Waals surface area (Å²) in [5, 5.41) is 33.8. The average molecular weight is 471 g/mol. The number of nitrogens with two attached hydrogens (primary N) is 1. The van der Waals surface area contributed by atoms with E-state index in [1.165, 1.54) is 24.3 Å². The first-order valence-electron chi connectivity index (χ1n) is 9.49. The Bertz CT molecular complexity index is 833. The Hall–Kier alpha value is -3.32. The molecule has 32 heavy (non-hydrogen) atoms. The van der Waals surface area contributed by atoms with Gasteiger partial charge in [0.2, 0.25) is 17.7 Å². The minimum atomic E-state index is -1.27. The van der Waals surface area contributed by atoms with E-state index in [9.17, 15) is 29.1 Å². The summed E-state index contributed by atoms with van der Waals surface area (Å²) >= 11 is 4.02. The number of rotatable bonds is 13. The maximum atomic E-state index is 12.6. The highest BCUT2D eigenvalue weighted by molar-refractivity contribution is 7.80. The van der Waals surface area contributed by atoms with Crippen LogP contribution in [0.1, 0.15) is 18.4 Å². The molecule has 0 aliphatic carbocycles. The Morgan fingerprint density at radius 2 is 1.50 bits per heavy atom. The van der Waals surface area contributed by atoms with Crippen molar-refractivity contribution in [3.05, 3.63) is 29.8 Å². The molecule has 0 aromatic heterocycles. The molecular weight excluding hydrogens is 444 g/mol. The second-order valence-corrected chi connectivity index (χ2v) is 7.19. The highest BCUT2D eigenvalue weighted by Gasteiger charge is 2.28. The van der Waals surface area contributed by atoms with Gasteiger partial charge in [0.05, 0.1) is 6.04 Å². The lowest BCUT2D eigenvalue weighted by molar-refractivity contribution is -0.139. The van der Waals surface area contributed by atoms with E-state index in [1.54, 1.807) is 0 Å². The summed E-state index contributed by atoms with van der Waals surface area (Å²) in [7, 11) is 0. The topological polar surface area (TPSA) is 208 Å². The van der Waals surface area contributed by atoms with Gasteiger partial charge >= 0.3 is 11.9 Å². The van der Waals surface area contributed by atoms with Crippen molar-refractivity contribution < 1.29 is 39.3 Å². The van der Waals surface area contributed by atoms with Crippen LogP contribution >= 0.6 is 12.6 Å². The van der Waals surface area contributed by atoms with Crippen molar-refractivity contribution in [3.63, 3.8) is 0 Å². The molecule has 3 unspecified atom stereocenters. The van der Waals surface area contributed by atoms with Crippen LogP contribution < -0.4 is 21.7 Å². The zero-order chi connectivity index (χ0) is 24.3. The number of aromatic hydroxyl groups is 1. The smallest absolute Gasteiger partial charge is 0.322 e. The molecule has 8 N–H and O–H groups in total. The molecular formula is C19H26N4O8S. The van der Waals surface area contributed by atoms with Crippen LogP contribution in [0.25, 0.3) is 0 Å². The number of hydrogen-bond donors (Lipinski definition) is 8. The second kappa shape index (κ2) is 13.2. The molecule has 0 saturated carbocycles. The molecule has 0 spiro atoms. The molecule has 1 aromatic carbocycles. The highest BCUT2D eigenvalue weighted by atomic mass is 32.1. The number of carboxylic acids is 2. The fourth-order valence-electron chi connectivity index (χ4n) is 2.52. The van der Waals surface area contributed by atoms with Gasteiger partial charge in [0.15, 0.2) is 0 Å². The number of nitrogens with one attached hydrogen (secondary N) is 3. The van der Waals surface area contributed by atoms with Gasteiger partial charge in [-0.05, 0) is 24.1 Å². The van der Waals surface area contributed by atoms with Crippen molar-refractivity contribution in [2.24, 2.45) is 5.73 Å². The molecule has 176 valence electrons. The van der Waals surface area contributed by atoms with E-state index in [0.717, 1.165) is 0 Å². The van der Waals surface area contributed by atoms with Gasteiger partial charge in [0.25, 0.3) is 0 Å². The summed E-state index contributed by atoms with van der Waals surface area (Å²) in [5.41, 5.74) is 6.20. The van der Waals surface area contributed by atoms with Crippen LogP contribution in [-0.2, 0) is 30.4 Å². The standard InChI is InChI=1S/C19H26N4O8S/c20-12(5-6-15(25)26)17(29)23-14(9-32)19(31)22-13(18(30)21-8-16(27)28)7-10-1-3-11(24)4-2-10/h1-4,12-14,24,32H,5-9,20H2,(H,21,30)(H,22,31)(H,23,29)(H,25,26)(H,27,28). The lowest BCUT2D eigenvalue weighted by Crippen LogP contribution is -2.57. The second-order valence-electron chi connectivity index (χ2n) is 6.83. The predicted molar refractivity (Wildman–Crippen MR) is 115 cm³/mol. The van der Waals surface area contributed by atoms with Gasteiger partial charge in [-0.3, -0.25) is 24.0 Å². The van der Waals surface area contributed by atoms with Crippen LogP contribution in [0.4, 0.5) is 0 Å². The summed E-state index contributed by atoms with van der Waals surface area (Å²) in [4.78, 5) is 58.6. The fraction of sp³-hybridized carbons (Fsp3) is 0.421. The van der Waals surface area contributed by atoms with E-state index in [-0.39, 0.29) is 30.8 Å². The number of hydrogen-bond acceptors (Lipinski definition) is 8. The molecule has 0 bridgehead atoms. The first-order chi connectivity index (χ1) is 15.0. The Morgan fingerprint density at radius 1 is 0.906 bits per heavy atom. The summed E-state index contributed by atoms with van der Waals surface area (Å²) in [6.45, 7) is -0.661. The monoisotopic (exact) mass is 470 g/mol. The number of phenolic OH excluding ortho intramolecular Hbond substituents is 1. The Balaban J connectivity index is 2.87. The van der Waals surface area contributed by atoms with E-state index >= 15 is 0 Å². The molecule has 0 aliphatic rings. The van der Waals surface area contributed by atoms with Gasteiger partial charge < -0.3 is 37.0 Å². The van der Waals surface area contributed by atoms with Gasteiger partial charge in [0.1, 0.15) is 24.4 Å². The number of carboxylic acid groups (broad SMARTS) is 2. The zero-order valence-corrected chi connectivity index (χ0v) is 17.9. The molecule has 0 heterocycles. The van der Waals surface area contributed by atoms with Crippen LogP contribution in [-0.4, -0.2) is 75.4 Å². The molecule has 1 rings (SSSR count). The van der Waals surface area contributed by atoms with Crippen LogP contribution in [0.15, 0.2) is 24.3 Å². The third-order valence-corrected chi connectivity index (χ3v) is 4.61. The van der Waals surface area contributed by atoms with Crippen molar-refractivity contribution in [1.29, 1.82) is 0 Å². The Kier molecular flexibility index (Phi) is 11.0. The van der Waals surface area contributed by atoms with Crippen LogP contribution in [0.2, 0.25) is 0 Å². The summed E-state index contributed by atoms with van der Waals surface area (Å²) in [6.07, 6.45) is -0.489. The maximum Gasteiger partial charge on any atom is 0.322 e. The first-order valence-corrected chi connectivity index (χ1v) is 10.1. The van der Waals surface area contributed by atoms with Crippen molar-refractivity contribution in [2.75, 3.05) is 12.3 Å². The lowest BCUT2D eigenvalue weighted by Gasteiger charge is -2.23.